The number of rotatable bonds is 7. The number of nitrogens with one attached hydrogen (secondary N) is 1. The van der Waals surface area contributed by atoms with Crippen molar-refractivity contribution in [3.63, 3.8) is 0 Å². The number of hydrogen-bond donors (Lipinski definition) is 1. The molecule has 2 amide bonds. The van der Waals surface area contributed by atoms with E-state index in [9.17, 15) is 9.59 Å². The maximum Gasteiger partial charge on any atom is 0.338 e. The molecule has 6 nitrogen and oxygen atoms in total. The second kappa shape index (κ2) is 10.3. The van der Waals surface area contributed by atoms with Crippen LogP contribution in [0.3, 0.4) is 0 Å². The molecule has 0 saturated heterocycles. The quantitative estimate of drug-likeness (QED) is 0.533. The number of amides is 2. The topological polar surface area (TPSA) is 67.9 Å². The summed E-state index contributed by atoms with van der Waals surface area (Å²) in [5.41, 5.74) is 2.76. The minimum Gasteiger partial charge on any atom is -0.486 e. The van der Waals surface area contributed by atoms with Crippen LogP contribution in [-0.2, 0) is 14.9 Å². The summed E-state index contributed by atoms with van der Waals surface area (Å²) in [4.78, 5) is 27.6. The SMILES string of the molecule is CCOC(=O)C1=C(COc2ccccc2Cl)N(CC)C(=O)NC1c1ccc(C(C)(C)C)cc1. The van der Waals surface area contributed by atoms with E-state index in [0.717, 1.165) is 11.1 Å². The molecule has 0 radical (unpaired) electrons. The van der Waals surface area contributed by atoms with E-state index >= 15 is 0 Å². The summed E-state index contributed by atoms with van der Waals surface area (Å²) in [5, 5.41) is 3.42. The molecule has 1 N–H and O–H groups in total. The van der Waals surface area contributed by atoms with Gasteiger partial charge in [0, 0.05) is 6.54 Å². The third kappa shape index (κ3) is 5.50. The number of hydrogen-bond acceptors (Lipinski definition) is 4. The standard InChI is InChI=1S/C26H31ClN2O4/c1-6-29-20(16-33-21-11-9-8-10-19(21)27)22(24(30)32-7-2)23(28-25(29)31)17-12-14-18(15-13-17)26(3,4)5/h8-15,23H,6-7,16H2,1-5H3,(H,28,31). The Kier molecular flexibility index (Phi) is 7.69. The Morgan fingerprint density at radius 3 is 2.33 bits per heavy atom. The second-order valence-corrected chi connectivity index (χ2v) is 9.21. The highest BCUT2D eigenvalue weighted by molar-refractivity contribution is 6.32. The first-order chi connectivity index (χ1) is 15.7. The van der Waals surface area contributed by atoms with Gasteiger partial charge in [-0.3, -0.25) is 4.90 Å². The molecule has 1 aliphatic heterocycles. The second-order valence-electron chi connectivity index (χ2n) is 8.80. The predicted octanol–water partition coefficient (Wildman–Crippen LogP) is 5.62. The van der Waals surface area contributed by atoms with Gasteiger partial charge < -0.3 is 14.8 Å². The summed E-state index contributed by atoms with van der Waals surface area (Å²) in [5.74, 6) is -0.0124. The number of para-hydroxylation sites is 1. The van der Waals surface area contributed by atoms with Crippen LogP contribution in [0.15, 0.2) is 59.8 Å². The van der Waals surface area contributed by atoms with Crippen molar-refractivity contribution in [2.24, 2.45) is 0 Å². The van der Waals surface area contributed by atoms with Gasteiger partial charge in [-0.15, -0.1) is 0 Å². The fourth-order valence-electron chi connectivity index (χ4n) is 3.78. The Bertz CT molecular complexity index is 1040. The summed E-state index contributed by atoms with van der Waals surface area (Å²) in [7, 11) is 0. The van der Waals surface area contributed by atoms with Gasteiger partial charge >= 0.3 is 12.0 Å². The summed E-state index contributed by atoms with van der Waals surface area (Å²) in [6.45, 7) is 10.6. The third-order valence-corrected chi connectivity index (χ3v) is 5.87. The van der Waals surface area contributed by atoms with E-state index in [0.29, 0.717) is 28.6 Å². The maximum atomic E-state index is 13.1. The van der Waals surface area contributed by atoms with E-state index in [1.165, 1.54) is 4.90 Å². The van der Waals surface area contributed by atoms with Crippen LogP contribution in [0.4, 0.5) is 4.79 Å². The van der Waals surface area contributed by atoms with E-state index in [4.69, 9.17) is 21.1 Å². The van der Waals surface area contributed by atoms with Gasteiger partial charge in [-0.1, -0.05) is 68.8 Å². The van der Waals surface area contributed by atoms with Crippen LogP contribution in [0.1, 0.15) is 51.8 Å². The van der Waals surface area contributed by atoms with Crippen LogP contribution < -0.4 is 10.1 Å². The molecule has 0 aromatic heterocycles. The molecule has 33 heavy (non-hydrogen) atoms. The number of carbonyl (C=O) groups is 2. The first-order valence-electron chi connectivity index (χ1n) is 11.1. The lowest BCUT2D eigenvalue weighted by Crippen LogP contribution is -2.49. The predicted molar refractivity (Wildman–Crippen MR) is 129 cm³/mol. The van der Waals surface area contributed by atoms with Crippen LogP contribution >= 0.6 is 11.6 Å². The molecule has 7 heteroatoms. The number of urea groups is 1. The molecule has 2 aromatic rings. The molecule has 1 atom stereocenters. The van der Waals surface area contributed by atoms with Crippen molar-refractivity contribution in [1.29, 1.82) is 0 Å². The zero-order valence-corrected chi connectivity index (χ0v) is 20.5. The monoisotopic (exact) mass is 470 g/mol. The largest absolute Gasteiger partial charge is 0.486 e. The van der Waals surface area contributed by atoms with E-state index < -0.39 is 12.0 Å². The van der Waals surface area contributed by atoms with Gasteiger partial charge in [0.25, 0.3) is 0 Å². The Morgan fingerprint density at radius 1 is 1.09 bits per heavy atom. The van der Waals surface area contributed by atoms with Gasteiger partial charge in [-0.2, -0.15) is 0 Å². The highest BCUT2D eigenvalue weighted by Crippen LogP contribution is 2.34. The van der Waals surface area contributed by atoms with E-state index in [1.807, 2.05) is 43.3 Å². The Morgan fingerprint density at radius 2 is 1.76 bits per heavy atom. The zero-order chi connectivity index (χ0) is 24.2. The molecule has 176 valence electrons. The Labute approximate surface area is 200 Å². The van der Waals surface area contributed by atoms with Crippen molar-refractivity contribution >= 4 is 23.6 Å². The molecule has 1 aliphatic rings. The van der Waals surface area contributed by atoms with Crippen molar-refractivity contribution in [3.8, 4) is 5.75 Å². The lowest BCUT2D eigenvalue weighted by Gasteiger charge is -2.36. The fourth-order valence-corrected chi connectivity index (χ4v) is 3.97. The number of halogens is 1. The Hall–Kier alpha value is -2.99. The molecule has 0 aliphatic carbocycles. The van der Waals surface area contributed by atoms with Crippen LogP contribution in [0, 0.1) is 0 Å². The smallest absolute Gasteiger partial charge is 0.338 e. The summed E-state index contributed by atoms with van der Waals surface area (Å²) >= 11 is 6.24. The fraction of sp³-hybridized carbons (Fsp3) is 0.385. The number of ether oxygens (including phenoxy) is 2. The average molecular weight is 471 g/mol. The summed E-state index contributed by atoms with van der Waals surface area (Å²) in [6, 6.07) is 14.1. The van der Waals surface area contributed by atoms with Crippen molar-refractivity contribution in [2.75, 3.05) is 19.8 Å². The van der Waals surface area contributed by atoms with Gasteiger partial charge in [0.15, 0.2) is 0 Å². The molecule has 0 fully saturated rings. The lowest BCUT2D eigenvalue weighted by molar-refractivity contribution is -0.139. The number of carbonyl (C=O) groups excluding carboxylic acids is 2. The molecule has 0 spiro atoms. The minimum absolute atomic E-state index is 0.00425. The molecule has 1 heterocycles. The zero-order valence-electron chi connectivity index (χ0n) is 19.8. The van der Waals surface area contributed by atoms with Gasteiger partial charge in [0.1, 0.15) is 12.4 Å². The average Bonchev–Trinajstić information content (AvgIpc) is 2.77. The number of esters is 1. The molecule has 3 rings (SSSR count). The molecule has 0 saturated carbocycles. The number of benzene rings is 2. The van der Waals surface area contributed by atoms with Gasteiger partial charge in [0.2, 0.25) is 0 Å². The van der Waals surface area contributed by atoms with Crippen molar-refractivity contribution in [1.82, 2.24) is 10.2 Å². The highest BCUT2D eigenvalue weighted by Gasteiger charge is 2.38. The van der Waals surface area contributed by atoms with Crippen LogP contribution in [-0.4, -0.2) is 36.7 Å². The summed E-state index contributed by atoms with van der Waals surface area (Å²) in [6.07, 6.45) is 0. The van der Waals surface area contributed by atoms with Crippen molar-refractivity contribution in [2.45, 2.75) is 46.1 Å². The molecule has 1 unspecified atom stereocenters. The first kappa shape index (κ1) is 24.6. The van der Waals surface area contributed by atoms with Gasteiger partial charge in [-0.25, -0.2) is 9.59 Å². The minimum atomic E-state index is -0.654. The van der Waals surface area contributed by atoms with Gasteiger partial charge in [0.05, 0.1) is 28.9 Å². The van der Waals surface area contributed by atoms with E-state index in [1.54, 1.807) is 19.1 Å². The van der Waals surface area contributed by atoms with Crippen LogP contribution in [0.25, 0.3) is 0 Å². The van der Waals surface area contributed by atoms with Crippen LogP contribution in [0.2, 0.25) is 5.02 Å². The van der Waals surface area contributed by atoms with Crippen LogP contribution in [0.5, 0.6) is 5.75 Å². The van der Waals surface area contributed by atoms with E-state index in [-0.39, 0.29) is 24.7 Å². The Balaban J connectivity index is 2.07. The molecule has 2 aromatic carbocycles. The normalized spacial score (nSPS) is 16.5. The lowest BCUT2D eigenvalue weighted by atomic mass is 9.85. The third-order valence-electron chi connectivity index (χ3n) is 5.56. The van der Waals surface area contributed by atoms with E-state index in [2.05, 4.69) is 26.1 Å². The van der Waals surface area contributed by atoms with Gasteiger partial charge in [-0.05, 0) is 42.5 Å². The summed E-state index contributed by atoms with van der Waals surface area (Å²) < 4.78 is 11.3. The molecular formula is C26H31ClN2O4. The first-order valence-corrected chi connectivity index (χ1v) is 11.5. The van der Waals surface area contributed by atoms with Crippen molar-refractivity contribution < 1.29 is 19.1 Å². The maximum absolute atomic E-state index is 13.1. The number of nitrogens with zero attached hydrogens (tertiary/aromatic N) is 1. The highest BCUT2D eigenvalue weighted by atomic mass is 35.5. The molecule has 0 bridgehead atoms. The molecular weight excluding hydrogens is 440 g/mol. The van der Waals surface area contributed by atoms with Crippen molar-refractivity contribution in [3.05, 3.63) is 76.0 Å². The number of likely N-dealkylation sites (N-methyl/N-ethyl adjacent to an activating group) is 1.